The van der Waals surface area contributed by atoms with Gasteiger partial charge in [0.15, 0.2) is 0 Å². The summed E-state index contributed by atoms with van der Waals surface area (Å²) in [6.07, 6.45) is 4.85. The van der Waals surface area contributed by atoms with Crippen LogP contribution in [0, 0.1) is 0 Å². The van der Waals surface area contributed by atoms with Gasteiger partial charge in [-0.15, -0.1) is 0 Å². The molecule has 0 spiro atoms. The predicted molar refractivity (Wildman–Crippen MR) is 97.5 cm³/mol. The summed E-state index contributed by atoms with van der Waals surface area (Å²) in [4.78, 5) is 10.0. The van der Waals surface area contributed by atoms with Crippen LogP contribution in [0.3, 0.4) is 0 Å². The summed E-state index contributed by atoms with van der Waals surface area (Å²) in [5.74, 6) is 0. The fourth-order valence-electron chi connectivity index (χ4n) is 3.32. The second kappa shape index (κ2) is 10.7. The minimum absolute atomic E-state index is 0.982. The number of rotatable bonds is 4. The van der Waals surface area contributed by atoms with Gasteiger partial charge < -0.3 is 5.32 Å². The summed E-state index contributed by atoms with van der Waals surface area (Å²) in [5.41, 5.74) is 2.44. The quantitative estimate of drug-likeness (QED) is 0.925. The van der Waals surface area contributed by atoms with E-state index in [1.807, 2.05) is 0 Å². The van der Waals surface area contributed by atoms with Crippen LogP contribution < -0.4 is 5.32 Å². The lowest BCUT2D eigenvalue weighted by Crippen LogP contribution is -2.31. The number of nitrogens with zero attached hydrogens (tertiary/aromatic N) is 3. The van der Waals surface area contributed by atoms with Crippen molar-refractivity contribution in [1.82, 2.24) is 20.1 Å². The number of nitrogens with one attached hydrogen (secondary N) is 1. The number of hydrogen-bond acceptors (Lipinski definition) is 4. The molecule has 130 valence electrons. The Labute approximate surface area is 142 Å². The Kier molecular flexibility index (Phi) is 8.58. The molecule has 1 aliphatic rings. The molecule has 0 aromatic carbocycles. The highest BCUT2D eigenvalue weighted by atomic mass is 15.1. The van der Waals surface area contributed by atoms with Crippen LogP contribution in [0.1, 0.15) is 50.9 Å². The van der Waals surface area contributed by atoms with Crippen LogP contribution in [0.5, 0.6) is 0 Å². The Balaban J connectivity index is 2.08. The smallest absolute Gasteiger partial charge is 0.0547 e. The lowest BCUT2D eigenvalue weighted by Gasteiger charge is -2.24. The molecule has 1 aliphatic heterocycles. The van der Waals surface area contributed by atoms with E-state index in [0.29, 0.717) is 0 Å². The first-order valence-electron chi connectivity index (χ1n) is 9.42. The van der Waals surface area contributed by atoms with Crippen molar-refractivity contribution >= 4 is 0 Å². The topological polar surface area (TPSA) is 31.4 Å². The first-order chi connectivity index (χ1) is 11.3. The maximum atomic E-state index is 4.93. The molecule has 2 bridgehead atoms. The zero-order chi connectivity index (χ0) is 16.3. The molecule has 1 N–H and O–H groups in total. The highest BCUT2D eigenvalue weighted by molar-refractivity contribution is 5.11. The largest absolute Gasteiger partial charge is 0.317 e. The van der Waals surface area contributed by atoms with Crippen LogP contribution in [0.15, 0.2) is 18.2 Å². The molecule has 0 fully saturated rings. The van der Waals surface area contributed by atoms with E-state index in [1.165, 1.54) is 37.1 Å². The summed E-state index contributed by atoms with van der Waals surface area (Å²) < 4.78 is 0. The summed E-state index contributed by atoms with van der Waals surface area (Å²) in [6, 6.07) is 6.54. The molecular formula is C19H34N4. The van der Waals surface area contributed by atoms with Crippen molar-refractivity contribution in [3.63, 3.8) is 0 Å². The third kappa shape index (κ3) is 6.98. The molecule has 0 radical (unpaired) electrons. The monoisotopic (exact) mass is 318 g/mol. The van der Waals surface area contributed by atoms with Crippen LogP contribution in [-0.2, 0) is 13.1 Å². The van der Waals surface area contributed by atoms with Crippen molar-refractivity contribution in [2.75, 3.05) is 39.3 Å². The second-order valence-corrected chi connectivity index (χ2v) is 6.63. The van der Waals surface area contributed by atoms with Crippen molar-refractivity contribution in [2.45, 2.75) is 52.6 Å². The third-order valence-electron chi connectivity index (χ3n) is 4.37. The van der Waals surface area contributed by atoms with E-state index in [4.69, 9.17) is 4.98 Å². The normalized spacial score (nSPS) is 19.4. The average Bonchev–Trinajstić information content (AvgIpc) is 2.54. The van der Waals surface area contributed by atoms with Crippen LogP contribution in [0.4, 0.5) is 0 Å². The lowest BCUT2D eigenvalue weighted by molar-refractivity contribution is 0.245. The van der Waals surface area contributed by atoms with Crippen molar-refractivity contribution < 1.29 is 0 Å². The molecule has 4 heteroatoms. The maximum Gasteiger partial charge on any atom is 0.0547 e. The maximum absolute atomic E-state index is 4.93. The van der Waals surface area contributed by atoms with Crippen molar-refractivity contribution in [2.24, 2.45) is 0 Å². The fraction of sp³-hybridized carbons (Fsp3) is 0.737. The third-order valence-corrected chi connectivity index (χ3v) is 4.37. The van der Waals surface area contributed by atoms with Gasteiger partial charge in [-0.25, -0.2) is 0 Å². The molecule has 0 saturated carbocycles. The summed E-state index contributed by atoms with van der Waals surface area (Å²) in [6.45, 7) is 13.4. The van der Waals surface area contributed by atoms with E-state index in [2.05, 4.69) is 47.2 Å². The van der Waals surface area contributed by atoms with Crippen LogP contribution >= 0.6 is 0 Å². The average molecular weight is 319 g/mol. The van der Waals surface area contributed by atoms with E-state index in [-0.39, 0.29) is 0 Å². The molecule has 2 heterocycles. The Morgan fingerprint density at radius 3 is 1.91 bits per heavy atom. The summed E-state index contributed by atoms with van der Waals surface area (Å²) >= 11 is 0. The summed E-state index contributed by atoms with van der Waals surface area (Å²) in [7, 11) is 0. The number of fused-ring (bicyclic) bond motifs is 2. The van der Waals surface area contributed by atoms with E-state index in [9.17, 15) is 0 Å². The van der Waals surface area contributed by atoms with Gasteiger partial charge in [0.05, 0.1) is 11.4 Å². The lowest BCUT2D eigenvalue weighted by atomic mass is 10.2. The first kappa shape index (κ1) is 18.4. The predicted octanol–water partition coefficient (Wildman–Crippen LogP) is 2.89. The van der Waals surface area contributed by atoms with Gasteiger partial charge in [-0.05, 0) is 77.1 Å². The molecular weight excluding hydrogens is 284 g/mol. The van der Waals surface area contributed by atoms with Gasteiger partial charge in [-0.1, -0.05) is 19.9 Å². The van der Waals surface area contributed by atoms with Crippen LogP contribution in [-0.4, -0.2) is 54.1 Å². The summed E-state index contributed by atoms with van der Waals surface area (Å²) in [5, 5.41) is 3.60. The van der Waals surface area contributed by atoms with Gasteiger partial charge in [0, 0.05) is 13.1 Å². The minimum atomic E-state index is 0.982. The Morgan fingerprint density at radius 1 is 0.913 bits per heavy atom. The van der Waals surface area contributed by atoms with E-state index in [0.717, 1.165) is 52.4 Å². The molecule has 4 nitrogen and oxygen atoms in total. The molecule has 0 atom stereocenters. The van der Waals surface area contributed by atoms with Crippen molar-refractivity contribution in [3.05, 3.63) is 29.6 Å². The van der Waals surface area contributed by atoms with Crippen molar-refractivity contribution in [1.29, 1.82) is 0 Å². The molecule has 0 unspecified atom stereocenters. The Morgan fingerprint density at radius 2 is 1.43 bits per heavy atom. The standard InChI is InChI=1S/C19H34N4/c1-3-12-22-14-6-10-20-11-7-15-23(13-4-2)17-19-9-5-8-18(16-22)21-19/h5,8-9,20H,3-4,6-7,10-17H2,1-2H3. The number of hydrogen-bond donors (Lipinski definition) is 1. The van der Waals surface area contributed by atoms with Crippen LogP contribution in [0.2, 0.25) is 0 Å². The van der Waals surface area contributed by atoms with Gasteiger partial charge in [0.1, 0.15) is 0 Å². The van der Waals surface area contributed by atoms with E-state index < -0.39 is 0 Å². The van der Waals surface area contributed by atoms with Gasteiger partial charge in [-0.3, -0.25) is 14.8 Å². The van der Waals surface area contributed by atoms with Crippen LogP contribution in [0.25, 0.3) is 0 Å². The van der Waals surface area contributed by atoms with E-state index >= 15 is 0 Å². The Hall–Kier alpha value is -0.970. The highest BCUT2D eigenvalue weighted by Gasteiger charge is 2.10. The van der Waals surface area contributed by atoms with Gasteiger partial charge in [0.2, 0.25) is 0 Å². The van der Waals surface area contributed by atoms with Gasteiger partial charge >= 0.3 is 0 Å². The Bertz CT molecular complexity index is 400. The highest BCUT2D eigenvalue weighted by Crippen LogP contribution is 2.09. The molecule has 23 heavy (non-hydrogen) atoms. The number of aromatic nitrogens is 1. The minimum Gasteiger partial charge on any atom is -0.317 e. The zero-order valence-corrected chi connectivity index (χ0v) is 15.1. The molecule has 2 rings (SSSR count). The van der Waals surface area contributed by atoms with Crippen molar-refractivity contribution in [3.8, 4) is 0 Å². The molecule has 0 aliphatic carbocycles. The molecule has 1 aromatic heterocycles. The first-order valence-corrected chi connectivity index (χ1v) is 9.42. The molecule has 0 amide bonds. The fourth-order valence-corrected chi connectivity index (χ4v) is 3.32. The molecule has 0 saturated heterocycles. The van der Waals surface area contributed by atoms with Gasteiger partial charge in [-0.2, -0.15) is 0 Å². The molecule has 1 aromatic rings. The van der Waals surface area contributed by atoms with Gasteiger partial charge in [0.25, 0.3) is 0 Å². The second-order valence-electron chi connectivity index (χ2n) is 6.63. The zero-order valence-electron chi connectivity index (χ0n) is 15.1. The SMILES string of the molecule is CCCN1CCCNCCCN(CCC)Cc2cccc(n2)C1. The number of pyridine rings is 1. The van der Waals surface area contributed by atoms with E-state index in [1.54, 1.807) is 0 Å².